The first kappa shape index (κ1) is 17.5. The molecule has 0 unspecified atom stereocenters. The quantitative estimate of drug-likeness (QED) is 0.884. The summed E-state index contributed by atoms with van der Waals surface area (Å²) in [4.78, 5) is 28.1. The van der Waals surface area contributed by atoms with Crippen LogP contribution in [-0.2, 0) is 11.3 Å². The highest BCUT2D eigenvalue weighted by Gasteiger charge is 2.21. The number of rotatable bonds is 5. The Balaban J connectivity index is 1.42. The van der Waals surface area contributed by atoms with Gasteiger partial charge >= 0.3 is 0 Å². The lowest BCUT2D eigenvalue weighted by Crippen LogP contribution is -2.50. The van der Waals surface area contributed by atoms with Crippen LogP contribution >= 0.6 is 11.6 Å². The normalized spacial score (nSPS) is 15.2. The number of furan rings is 1. The third-order valence-electron chi connectivity index (χ3n) is 4.17. The molecule has 0 saturated carbocycles. The fourth-order valence-corrected chi connectivity index (χ4v) is 3.02. The van der Waals surface area contributed by atoms with Crippen molar-refractivity contribution in [2.24, 2.45) is 0 Å². The second kappa shape index (κ2) is 8.18. The Bertz CT molecular complexity index is 725. The van der Waals surface area contributed by atoms with E-state index < -0.39 is 0 Å². The van der Waals surface area contributed by atoms with Crippen LogP contribution in [0.5, 0.6) is 0 Å². The first-order chi connectivity index (χ1) is 12.1. The molecule has 7 heteroatoms. The van der Waals surface area contributed by atoms with Crippen LogP contribution in [0.3, 0.4) is 0 Å². The minimum Gasteiger partial charge on any atom is -0.459 e. The van der Waals surface area contributed by atoms with E-state index in [1.807, 2.05) is 24.3 Å². The molecule has 1 aromatic carbocycles. The molecule has 0 bridgehead atoms. The molecule has 2 amide bonds. The van der Waals surface area contributed by atoms with E-state index in [1.165, 1.54) is 6.26 Å². The van der Waals surface area contributed by atoms with E-state index >= 15 is 0 Å². The van der Waals surface area contributed by atoms with Gasteiger partial charge < -0.3 is 14.6 Å². The minimum absolute atomic E-state index is 0.0200. The van der Waals surface area contributed by atoms with Crippen LogP contribution in [0.25, 0.3) is 0 Å². The first-order valence-corrected chi connectivity index (χ1v) is 8.56. The Labute approximate surface area is 151 Å². The fourth-order valence-electron chi connectivity index (χ4n) is 2.81. The lowest BCUT2D eigenvalue weighted by Gasteiger charge is -2.34. The Kier molecular flexibility index (Phi) is 5.73. The summed E-state index contributed by atoms with van der Waals surface area (Å²) >= 11 is 6.01. The Morgan fingerprint density at radius 2 is 1.92 bits per heavy atom. The molecule has 25 heavy (non-hydrogen) atoms. The maximum absolute atomic E-state index is 12.2. The predicted molar refractivity (Wildman–Crippen MR) is 94.4 cm³/mol. The second-order valence-electron chi connectivity index (χ2n) is 5.95. The van der Waals surface area contributed by atoms with Crippen molar-refractivity contribution in [2.45, 2.75) is 6.54 Å². The van der Waals surface area contributed by atoms with Crippen LogP contribution in [0.2, 0.25) is 5.02 Å². The van der Waals surface area contributed by atoms with Crippen LogP contribution in [-0.4, -0.2) is 54.3 Å². The Hall–Kier alpha value is -2.31. The number of piperazine rings is 1. The van der Waals surface area contributed by atoms with Gasteiger partial charge in [-0.3, -0.25) is 14.5 Å². The molecule has 1 aliphatic heterocycles. The average Bonchev–Trinajstić information content (AvgIpc) is 3.15. The number of benzene rings is 1. The molecule has 1 aliphatic rings. The van der Waals surface area contributed by atoms with Crippen LogP contribution < -0.4 is 5.32 Å². The van der Waals surface area contributed by atoms with Gasteiger partial charge in [-0.2, -0.15) is 0 Å². The summed E-state index contributed by atoms with van der Waals surface area (Å²) in [7, 11) is 0. The predicted octanol–water partition coefficient (Wildman–Crippen LogP) is 2.01. The molecular weight excluding hydrogens is 342 g/mol. The van der Waals surface area contributed by atoms with Gasteiger partial charge in [-0.1, -0.05) is 23.7 Å². The van der Waals surface area contributed by atoms with Crippen LogP contribution in [0.4, 0.5) is 0 Å². The molecule has 0 spiro atoms. The Morgan fingerprint density at radius 3 is 2.60 bits per heavy atom. The summed E-state index contributed by atoms with van der Waals surface area (Å²) in [6.07, 6.45) is 1.43. The van der Waals surface area contributed by atoms with Crippen molar-refractivity contribution in [2.75, 3.05) is 32.7 Å². The maximum atomic E-state index is 12.2. The zero-order chi connectivity index (χ0) is 17.6. The smallest absolute Gasteiger partial charge is 0.287 e. The molecule has 1 N–H and O–H groups in total. The van der Waals surface area contributed by atoms with E-state index in [0.29, 0.717) is 13.1 Å². The van der Waals surface area contributed by atoms with Crippen LogP contribution in [0, 0.1) is 0 Å². The lowest BCUT2D eigenvalue weighted by atomic mass is 10.2. The summed E-state index contributed by atoms with van der Waals surface area (Å²) in [6, 6.07) is 11.0. The summed E-state index contributed by atoms with van der Waals surface area (Å²) in [5.74, 6) is -0.251. The molecule has 0 radical (unpaired) electrons. The molecule has 3 rings (SSSR count). The highest BCUT2D eigenvalue weighted by Crippen LogP contribution is 2.14. The van der Waals surface area contributed by atoms with Gasteiger partial charge in [0.25, 0.3) is 5.91 Å². The van der Waals surface area contributed by atoms with Gasteiger partial charge in [-0.05, 0) is 29.8 Å². The standard InChI is InChI=1S/C18H20ClN3O3/c19-15-4-1-3-14(11-15)13-21-6-8-22(9-7-21)17(23)12-20-18(24)16-5-2-10-25-16/h1-5,10-11H,6-9,12-13H2,(H,20,24). The maximum Gasteiger partial charge on any atom is 0.287 e. The molecule has 0 aliphatic carbocycles. The SMILES string of the molecule is O=C(NCC(=O)N1CCN(Cc2cccc(Cl)c2)CC1)c1ccco1. The van der Waals surface area contributed by atoms with Gasteiger partial charge in [0.2, 0.25) is 5.91 Å². The van der Waals surface area contributed by atoms with E-state index in [9.17, 15) is 9.59 Å². The van der Waals surface area contributed by atoms with E-state index in [1.54, 1.807) is 17.0 Å². The van der Waals surface area contributed by atoms with Crippen LogP contribution in [0.15, 0.2) is 47.1 Å². The van der Waals surface area contributed by atoms with Crippen molar-refractivity contribution in [3.05, 3.63) is 59.0 Å². The lowest BCUT2D eigenvalue weighted by molar-refractivity contribution is -0.131. The molecule has 6 nitrogen and oxygen atoms in total. The van der Waals surface area contributed by atoms with Crippen molar-refractivity contribution >= 4 is 23.4 Å². The van der Waals surface area contributed by atoms with Crippen molar-refractivity contribution < 1.29 is 14.0 Å². The fraction of sp³-hybridized carbons (Fsp3) is 0.333. The molecule has 1 saturated heterocycles. The van der Waals surface area contributed by atoms with Crippen molar-refractivity contribution in [1.82, 2.24) is 15.1 Å². The average molecular weight is 362 g/mol. The molecule has 2 heterocycles. The zero-order valence-electron chi connectivity index (χ0n) is 13.8. The third kappa shape index (κ3) is 4.84. The van der Waals surface area contributed by atoms with Crippen molar-refractivity contribution in [3.8, 4) is 0 Å². The van der Waals surface area contributed by atoms with Gasteiger partial charge in [0.1, 0.15) is 0 Å². The zero-order valence-corrected chi connectivity index (χ0v) is 14.5. The molecule has 1 aromatic heterocycles. The number of nitrogens with one attached hydrogen (secondary N) is 1. The van der Waals surface area contributed by atoms with Crippen molar-refractivity contribution in [3.63, 3.8) is 0 Å². The van der Waals surface area contributed by atoms with Gasteiger partial charge in [0.15, 0.2) is 5.76 Å². The highest BCUT2D eigenvalue weighted by molar-refractivity contribution is 6.30. The molecule has 1 fully saturated rings. The first-order valence-electron chi connectivity index (χ1n) is 8.18. The number of amides is 2. The molecule has 132 valence electrons. The van der Waals surface area contributed by atoms with Gasteiger partial charge in [0.05, 0.1) is 12.8 Å². The number of hydrogen-bond donors (Lipinski definition) is 1. The van der Waals surface area contributed by atoms with Gasteiger partial charge in [0, 0.05) is 37.7 Å². The Morgan fingerprint density at radius 1 is 1.12 bits per heavy atom. The van der Waals surface area contributed by atoms with E-state index in [4.69, 9.17) is 16.0 Å². The van der Waals surface area contributed by atoms with Gasteiger partial charge in [-0.25, -0.2) is 0 Å². The number of halogens is 1. The summed E-state index contributed by atoms with van der Waals surface area (Å²) in [5.41, 5.74) is 1.16. The monoisotopic (exact) mass is 361 g/mol. The largest absolute Gasteiger partial charge is 0.459 e. The van der Waals surface area contributed by atoms with Gasteiger partial charge in [-0.15, -0.1) is 0 Å². The molecule has 0 atom stereocenters. The number of nitrogens with zero attached hydrogens (tertiary/aromatic N) is 2. The van der Waals surface area contributed by atoms with E-state index in [-0.39, 0.29) is 24.1 Å². The minimum atomic E-state index is -0.377. The van der Waals surface area contributed by atoms with E-state index in [2.05, 4.69) is 10.2 Å². The topological polar surface area (TPSA) is 65.8 Å². The summed E-state index contributed by atoms with van der Waals surface area (Å²) < 4.78 is 5.00. The molecular formula is C18H20ClN3O3. The number of carbonyl (C=O) groups is 2. The summed E-state index contributed by atoms with van der Waals surface area (Å²) in [6.45, 7) is 3.69. The van der Waals surface area contributed by atoms with Crippen molar-refractivity contribution in [1.29, 1.82) is 0 Å². The summed E-state index contributed by atoms with van der Waals surface area (Å²) in [5, 5.41) is 3.32. The number of hydrogen-bond acceptors (Lipinski definition) is 4. The van der Waals surface area contributed by atoms with E-state index in [0.717, 1.165) is 30.2 Å². The number of carbonyl (C=O) groups excluding carboxylic acids is 2. The van der Waals surface area contributed by atoms with Crippen LogP contribution in [0.1, 0.15) is 16.1 Å². The molecule has 2 aromatic rings. The second-order valence-corrected chi connectivity index (χ2v) is 6.38. The third-order valence-corrected chi connectivity index (χ3v) is 4.40. The highest BCUT2D eigenvalue weighted by atomic mass is 35.5.